The Morgan fingerprint density at radius 3 is 2.00 bits per heavy atom. The van der Waals surface area contributed by atoms with Crippen LogP contribution in [0.4, 0.5) is 0 Å². The van der Waals surface area contributed by atoms with E-state index in [2.05, 4.69) is 43.8 Å². The van der Waals surface area contributed by atoms with Crippen LogP contribution in [0.2, 0.25) is 0 Å². The van der Waals surface area contributed by atoms with Gasteiger partial charge in [0.05, 0.1) is 22.5 Å². The number of aromatic hydroxyl groups is 1. The largest absolute Gasteiger partial charge is 0.494 e. The van der Waals surface area contributed by atoms with Crippen LogP contribution in [-0.4, -0.2) is 21.3 Å². The number of halogens is 2. The summed E-state index contributed by atoms with van der Waals surface area (Å²) >= 11 is 6.94. The van der Waals surface area contributed by atoms with Crippen molar-refractivity contribution >= 4 is 43.5 Å². The van der Waals surface area contributed by atoms with Gasteiger partial charge in [-0.25, -0.2) is 4.99 Å². The molecule has 1 N–H and O–H groups in total. The quantitative estimate of drug-likeness (QED) is 0.273. The van der Waals surface area contributed by atoms with Gasteiger partial charge in [0.2, 0.25) is 5.88 Å². The zero-order valence-corrected chi connectivity index (χ0v) is 21.2. The molecule has 32 heavy (non-hydrogen) atoms. The van der Waals surface area contributed by atoms with Crippen LogP contribution >= 0.6 is 31.9 Å². The number of unbranched alkanes of at least 4 members (excludes halogenated alkanes) is 5. The lowest BCUT2D eigenvalue weighted by atomic mass is 10.0. The molecule has 2 aromatic carbocycles. The van der Waals surface area contributed by atoms with E-state index in [1.54, 1.807) is 0 Å². The fourth-order valence-corrected chi connectivity index (χ4v) is 4.77. The van der Waals surface area contributed by atoms with Crippen molar-refractivity contribution in [2.45, 2.75) is 52.0 Å². The highest BCUT2D eigenvalue weighted by atomic mass is 79.9. The Morgan fingerprint density at radius 1 is 0.812 bits per heavy atom. The van der Waals surface area contributed by atoms with E-state index < -0.39 is 0 Å². The van der Waals surface area contributed by atoms with Gasteiger partial charge in [-0.1, -0.05) is 95.2 Å². The molecule has 1 aromatic heterocycles. The number of aromatic nitrogens is 1. The van der Waals surface area contributed by atoms with Crippen molar-refractivity contribution in [2.75, 3.05) is 0 Å². The molecule has 4 rings (SSSR count). The van der Waals surface area contributed by atoms with Gasteiger partial charge in [0.25, 0.3) is 5.91 Å². The summed E-state index contributed by atoms with van der Waals surface area (Å²) in [6.45, 7) is 2.88. The predicted molar refractivity (Wildman–Crippen MR) is 137 cm³/mol. The van der Waals surface area contributed by atoms with Crippen molar-refractivity contribution < 1.29 is 9.90 Å². The lowest BCUT2D eigenvalue weighted by Crippen LogP contribution is -2.04. The van der Waals surface area contributed by atoms with E-state index in [9.17, 15) is 9.90 Å². The summed E-state index contributed by atoms with van der Waals surface area (Å²) in [5, 5.41) is 11.3. The second-order valence-electron chi connectivity index (χ2n) is 8.12. The maximum Gasteiger partial charge on any atom is 0.280 e. The van der Waals surface area contributed by atoms with Gasteiger partial charge in [-0.3, -0.25) is 4.79 Å². The maximum absolute atomic E-state index is 13.1. The molecule has 1 amide bonds. The van der Waals surface area contributed by atoms with Crippen LogP contribution in [0, 0.1) is 0 Å². The highest BCUT2D eigenvalue weighted by Crippen LogP contribution is 2.41. The smallest absolute Gasteiger partial charge is 0.280 e. The minimum atomic E-state index is -0.298. The number of rotatable bonds is 9. The Morgan fingerprint density at radius 2 is 1.38 bits per heavy atom. The Hall–Kier alpha value is -2.18. The van der Waals surface area contributed by atoms with E-state index in [1.165, 1.54) is 25.7 Å². The van der Waals surface area contributed by atoms with E-state index in [0.717, 1.165) is 38.6 Å². The van der Waals surface area contributed by atoms with Crippen molar-refractivity contribution in [1.29, 1.82) is 0 Å². The molecule has 0 unspecified atom stereocenters. The minimum absolute atomic E-state index is 0.124. The number of amides is 1. The van der Waals surface area contributed by atoms with Gasteiger partial charge in [-0.2, -0.15) is 0 Å². The molecular formula is C26H26Br2N2O2. The molecule has 1 aliphatic rings. The van der Waals surface area contributed by atoms with Gasteiger partial charge in [0, 0.05) is 21.1 Å². The van der Waals surface area contributed by atoms with Gasteiger partial charge >= 0.3 is 0 Å². The zero-order valence-electron chi connectivity index (χ0n) is 18.1. The van der Waals surface area contributed by atoms with Crippen LogP contribution < -0.4 is 0 Å². The summed E-state index contributed by atoms with van der Waals surface area (Å²) in [6.07, 6.45) is 6.96. The number of aliphatic imine (C=N–C) groups is 1. The van der Waals surface area contributed by atoms with Crippen molar-refractivity contribution in [1.82, 2.24) is 4.57 Å². The fraction of sp³-hybridized carbons (Fsp3) is 0.308. The molecule has 0 bridgehead atoms. The molecule has 0 spiro atoms. The van der Waals surface area contributed by atoms with Gasteiger partial charge in [0.1, 0.15) is 0 Å². The van der Waals surface area contributed by atoms with Gasteiger partial charge in [-0.05, 0) is 36.2 Å². The third kappa shape index (κ3) is 4.62. The van der Waals surface area contributed by atoms with Crippen LogP contribution in [0.25, 0.3) is 11.3 Å². The van der Waals surface area contributed by atoms with Gasteiger partial charge in [-0.15, -0.1) is 0 Å². The summed E-state index contributed by atoms with van der Waals surface area (Å²) in [5.74, 6) is -0.174. The normalized spacial score (nSPS) is 12.8. The first-order chi connectivity index (χ1) is 15.5. The number of benzene rings is 2. The highest BCUT2D eigenvalue weighted by Gasteiger charge is 2.36. The van der Waals surface area contributed by atoms with Crippen molar-refractivity contribution in [3.05, 3.63) is 74.2 Å². The Kier molecular flexibility index (Phi) is 7.31. The first-order valence-corrected chi connectivity index (χ1v) is 12.7. The molecule has 0 aliphatic carbocycles. The summed E-state index contributed by atoms with van der Waals surface area (Å²) in [4.78, 5) is 17.4. The molecular weight excluding hydrogens is 532 g/mol. The van der Waals surface area contributed by atoms with Gasteiger partial charge < -0.3 is 9.67 Å². The van der Waals surface area contributed by atoms with Crippen LogP contribution in [0.5, 0.6) is 5.88 Å². The number of fused-ring (bicyclic) bond motifs is 1. The second kappa shape index (κ2) is 10.2. The molecule has 2 heterocycles. The number of carbonyl (C=O) groups excluding carboxylic acids is 1. The van der Waals surface area contributed by atoms with E-state index >= 15 is 0 Å². The number of hydrogen-bond donors (Lipinski definition) is 1. The standard InChI is InChI=1S/C26H26Br2N2O2/c1-2-3-4-5-6-7-16-30-24(18-10-14-20(28)15-11-18)22-21(26(30)32)23(29-25(22)31)17-8-12-19(27)13-9-17/h8-15,32H,2-7,16H2,1H3. The Balaban J connectivity index is 1.74. The highest BCUT2D eigenvalue weighted by molar-refractivity contribution is 9.10. The topological polar surface area (TPSA) is 54.6 Å². The molecule has 166 valence electrons. The van der Waals surface area contributed by atoms with Crippen molar-refractivity contribution in [3.8, 4) is 17.1 Å². The lowest BCUT2D eigenvalue weighted by molar-refractivity contribution is 0.101. The van der Waals surface area contributed by atoms with Crippen LogP contribution in [0.3, 0.4) is 0 Å². The second-order valence-corrected chi connectivity index (χ2v) is 9.95. The van der Waals surface area contributed by atoms with E-state index in [4.69, 9.17) is 0 Å². The van der Waals surface area contributed by atoms with Crippen molar-refractivity contribution in [2.24, 2.45) is 4.99 Å². The summed E-state index contributed by atoms with van der Waals surface area (Å²) in [7, 11) is 0. The average molecular weight is 558 g/mol. The van der Waals surface area contributed by atoms with Crippen LogP contribution in [0.1, 0.15) is 66.9 Å². The Bertz CT molecular complexity index is 1150. The zero-order chi connectivity index (χ0) is 22.7. The minimum Gasteiger partial charge on any atom is -0.494 e. The molecule has 4 nitrogen and oxygen atoms in total. The number of hydrogen-bond acceptors (Lipinski definition) is 2. The maximum atomic E-state index is 13.1. The molecule has 0 saturated carbocycles. The number of carbonyl (C=O) groups is 1. The Labute approximate surface area is 205 Å². The lowest BCUT2D eigenvalue weighted by Gasteiger charge is -2.12. The molecule has 1 aliphatic heterocycles. The molecule has 0 atom stereocenters. The summed E-state index contributed by atoms with van der Waals surface area (Å²) in [5.41, 5.74) is 4.04. The SMILES string of the molecule is CCCCCCCCn1c(O)c2c(c1-c1ccc(Br)cc1)C(=O)N=C2c1ccc(Br)cc1. The number of nitrogens with zero attached hydrogens (tertiary/aromatic N) is 2. The first kappa shape index (κ1) is 23.0. The first-order valence-electron chi connectivity index (χ1n) is 11.1. The monoisotopic (exact) mass is 556 g/mol. The average Bonchev–Trinajstić information content (AvgIpc) is 3.27. The molecule has 0 saturated heterocycles. The summed E-state index contributed by atoms with van der Waals surface area (Å²) < 4.78 is 3.82. The molecule has 6 heteroatoms. The van der Waals surface area contributed by atoms with E-state index in [1.807, 2.05) is 53.1 Å². The van der Waals surface area contributed by atoms with Crippen LogP contribution in [0.15, 0.2) is 62.5 Å². The predicted octanol–water partition coefficient (Wildman–Crippen LogP) is 7.74. The summed E-state index contributed by atoms with van der Waals surface area (Å²) in [6, 6.07) is 15.5. The van der Waals surface area contributed by atoms with Crippen LogP contribution in [-0.2, 0) is 6.54 Å². The third-order valence-corrected chi connectivity index (χ3v) is 6.93. The van der Waals surface area contributed by atoms with Gasteiger partial charge in [0.15, 0.2) is 0 Å². The van der Waals surface area contributed by atoms with Crippen molar-refractivity contribution in [3.63, 3.8) is 0 Å². The molecule has 0 fully saturated rings. The van der Waals surface area contributed by atoms with E-state index in [-0.39, 0.29) is 11.8 Å². The fourth-order valence-electron chi connectivity index (χ4n) is 4.24. The third-order valence-electron chi connectivity index (χ3n) is 5.87. The van der Waals surface area contributed by atoms with E-state index in [0.29, 0.717) is 23.4 Å². The molecule has 0 radical (unpaired) electrons. The molecule has 3 aromatic rings.